The molecule has 1 aliphatic heterocycles. The van der Waals surface area contributed by atoms with Crippen molar-refractivity contribution in [2.45, 2.75) is 19.5 Å². The van der Waals surface area contributed by atoms with Crippen molar-refractivity contribution in [1.82, 2.24) is 25.4 Å². The first-order valence-electron chi connectivity index (χ1n) is 6.89. The van der Waals surface area contributed by atoms with E-state index >= 15 is 0 Å². The van der Waals surface area contributed by atoms with Gasteiger partial charge in [-0.2, -0.15) is 0 Å². The summed E-state index contributed by atoms with van der Waals surface area (Å²) in [7, 11) is 0. The summed E-state index contributed by atoms with van der Waals surface area (Å²) in [4.78, 5) is 12.0. The van der Waals surface area contributed by atoms with Gasteiger partial charge in [0.15, 0.2) is 5.82 Å². The molecule has 1 aromatic carbocycles. The predicted molar refractivity (Wildman–Crippen MR) is 74.2 cm³/mol. The lowest BCUT2D eigenvalue weighted by Gasteiger charge is -2.08. The van der Waals surface area contributed by atoms with E-state index in [1.807, 2.05) is 4.57 Å². The van der Waals surface area contributed by atoms with Crippen LogP contribution < -0.4 is 10.6 Å². The third kappa shape index (κ3) is 3.08. The van der Waals surface area contributed by atoms with Crippen molar-refractivity contribution in [2.75, 3.05) is 13.1 Å². The Morgan fingerprint density at radius 3 is 3.14 bits per heavy atom. The minimum atomic E-state index is -0.426. The molecular formula is C14H16FN5O. The Morgan fingerprint density at radius 2 is 2.29 bits per heavy atom. The third-order valence-electron chi connectivity index (χ3n) is 3.44. The van der Waals surface area contributed by atoms with E-state index < -0.39 is 5.82 Å². The summed E-state index contributed by atoms with van der Waals surface area (Å²) in [6.45, 7) is 2.81. The fourth-order valence-corrected chi connectivity index (χ4v) is 2.35. The van der Waals surface area contributed by atoms with E-state index in [1.165, 1.54) is 18.2 Å². The van der Waals surface area contributed by atoms with Crippen LogP contribution in [0.2, 0.25) is 0 Å². The van der Waals surface area contributed by atoms with Gasteiger partial charge in [-0.3, -0.25) is 4.79 Å². The molecule has 1 aromatic heterocycles. The number of rotatable bonds is 3. The second-order valence-corrected chi connectivity index (χ2v) is 4.88. The van der Waals surface area contributed by atoms with Gasteiger partial charge in [0.1, 0.15) is 11.6 Å². The molecule has 2 aromatic rings. The quantitative estimate of drug-likeness (QED) is 0.863. The van der Waals surface area contributed by atoms with Gasteiger partial charge in [-0.1, -0.05) is 6.07 Å². The van der Waals surface area contributed by atoms with Crippen molar-refractivity contribution in [3.05, 3.63) is 47.3 Å². The molecule has 2 N–H and O–H groups in total. The standard InChI is InChI=1S/C14H16FN5O/c15-11-3-1-2-10(8-11)14(21)17-9-13-19-18-12-4-5-16-6-7-20(12)13/h1-3,8,16H,4-7,9H2,(H,17,21). The Labute approximate surface area is 121 Å². The summed E-state index contributed by atoms with van der Waals surface area (Å²) in [6.07, 6.45) is 0.824. The highest BCUT2D eigenvalue weighted by Gasteiger charge is 2.15. The Balaban J connectivity index is 1.68. The first-order valence-corrected chi connectivity index (χ1v) is 6.89. The van der Waals surface area contributed by atoms with Crippen LogP contribution in [0.15, 0.2) is 24.3 Å². The van der Waals surface area contributed by atoms with Crippen molar-refractivity contribution >= 4 is 5.91 Å². The highest BCUT2D eigenvalue weighted by molar-refractivity contribution is 5.94. The molecule has 0 aliphatic carbocycles. The van der Waals surface area contributed by atoms with Crippen molar-refractivity contribution < 1.29 is 9.18 Å². The van der Waals surface area contributed by atoms with Crippen LogP contribution >= 0.6 is 0 Å². The number of halogens is 1. The van der Waals surface area contributed by atoms with E-state index in [4.69, 9.17) is 0 Å². The highest BCUT2D eigenvalue weighted by atomic mass is 19.1. The summed E-state index contributed by atoms with van der Waals surface area (Å²) in [5.41, 5.74) is 0.298. The first-order chi connectivity index (χ1) is 10.2. The van der Waals surface area contributed by atoms with E-state index in [1.54, 1.807) is 6.07 Å². The number of hydrogen-bond acceptors (Lipinski definition) is 4. The number of nitrogens with one attached hydrogen (secondary N) is 2. The second-order valence-electron chi connectivity index (χ2n) is 4.88. The lowest BCUT2D eigenvalue weighted by molar-refractivity contribution is 0.0949. The van der Waals surface area contributed by atoms with Crippen LogP contribution in [0.3, 0.4) is 0 Å². The summed E-state index contributed by atoms with van der Waals surface area (Å²) in [5.74, 6) is 0.900. The molecule has 0 radical (unpaired) electrons. The third-order valence-corrected chi connectivity index (χ3v) is 3.44. The lowest BCUT2D eigenvalue weighted by atomic mass is 10.2. The smallest absolute Gasteiger partial charge is 0.251 e. The topological polar surface area (TPSA) is 71.8 Å². The fourth-order valence-electron chi connectivity index (χ4n) is 2.35. The van der Waals surface area contributed by atoms with Crippen LogP contribution in [-0.4, -0.2) is 33.8 Å². The van der Waals surface area contributed by atoms with Crippen LogP contribution in [0.4, 0.5) is 4.39 Å². The Kier molecular flexibility index (Phi) is 3.92. The Hall–Kier alpha value is -2.28. The SMILES string of the molecule is O=C(NCc1nnc2n1CCNCC2)c1cccc(F)c1. The molecule has 1 amide bonds. The van der Waals surface area contributed by atoms with Gasteiger partial charge in [-0.05, 0) is 18.2 Å². The summed E-state index contributed by atoms with van der Waals surface area (Å²) >= 11 is 0. The molecule has 7 heteroatoms. The maximum atomic E-state index is 13.1. The largest absolute Gasteiger partial charge is 0.345 e. The molecule has 1 aliphatic rings. The van der Waals surface area contributed by atoms with Gasteiger partial charge in [0.05, 0.1) is 6.54 Å². The van der Waals surface area contributed by atoms with E-state index in [-0.39, 0.29) is 12.5 Å². The average molecular weight is 289 g/mol. The summed E-state index contributed by atoms with van der Waals surface area (Å²) < 4.78 is 15.1. The molecule has 21 heavy (non-hydrogen) atoms. The normalized spacial score (nSPS) is 14.3. The van der Waals surface area contributed by atoms with E-state index in [9.17, 15) is 9.18 Å². The molecule has 0 fully saturated rings. The van der Waals surface area contributed by atoms with E-state index in [2.05, 4.69) is 20.8 Å². The number of fused-ring (bicyclic) bond motifs is 1. The fraction of sp³-hybridized carbons (Fsp3) is 0.357. The molecule has 0 unspecified atom stereocenters. The Bertz CT molecular complexity index is 655. The lowest BCUT2D eigenvalue weighted by Crippen LogP contribution is -2.25. The van der Waals surface area contributed by atoms with Crippen LogP contribution in [0, 0.1) is 5.82 Å². The molecular weight excluding hydrogens is 273 g/mol. The number of hydrogen-bond donors (Lipinski definition) is 2. The van der Waals surface area contributed by atoms with Gasteiger partial charge < -0.3 is 15.2 Å². The zero-order valence-corrected chi connectivity index (χ0v) is 11.5. The van der Waals surface area contributed by atoms with Gasteiger partial charge in [0.2, 0.25) is 0 Å². The van der Waals surface area contributed by atoms with Crippen LogP contribution in [-0.2, 0) is 19.5 Å². The van der Waals surface area contributed by atoms with E-state index in [0.717, 1.165) is 37.7 Å². The zero-order valence-electron chi connectivity index (χ0n) is 11.5. The molecule has 3 rings (SSSR count). The van der Waals surface area contributed by atoms with E-state index in [0.29, 0.717) is 5.56 Å². The maximum absolute atomic E-state index is 13.1. The van der Waals surface area contributed by atoms with Gasteiger partial charge in [0, 0.05) is 31.6 Å². The van der Waals surface area contributed by atoms with Crippen molar-refractivity contribution in [3.8, 4) is 0 Å². The predicted octanol–water partition coefficient (Wildman–Crippen LogP) is 0.493. The summed E-state index contributed by atoms with van der Waals surface area (Å²) in [5, 5.41) is 14.3. The molecule has 6 nitrogen and oxygen atoms in total. The number of nitrogens with zero attached hydrogens (tertiary/aromatic N) is 3. The van der Waals surface area contributed by atoms with Crippen LogP contribution in [0.25, 0.3) is 0 Å². The number of carbonyl (C=O) groups excluding carboxylic acids is 1. The van der Waals surface area contributed by atoms with Gasteiger partial charge >= 0.3 is 0 Å². The molecule has 0 atom stereocenters. The molecule has 0 spiro atoms. The average Bonchev–Trinajstić information content (AvgIpc) is 2.72. The van der Waals surface area contributed by atoms with Gasteiger partial charge in [-0.25, -0.2) is 4.39 Å². The molecule has 0 saturated heterocycles. The zero-order chi connectivity index (χ0) is 14.7. The van der Waals surface area contributed by atoms with Gasteiger partial charge in [-0.15, -0.1) is 10.2 Å². The molecule has 0 bridgehead atoms. The highest BCUT2D eigenvalue weighted by Crippen LogP contribution is 2.07. The number of carbonyl (C=O) groups is 1. The number of aromatic nitrogens is 3. The van der Waals surface area contributed by atoms with Crippen molar-refractivity contribution in [1.29, 1.82) is 0 Å². The van der Waals surface area contributed by atoms with Crippen LogP contribution in [0.1, 0.15) is 22.0 Å². The van der Waals surface area contributed by atoms with Crippen molar-refractivity contribution in [3.63, 3.8) is 0 Å². The van der Waals surface area contributed by atoms with Crippen molar-refractivity contribution in [2.24, 2.45) is 0 Å². The number of benzene rings is 1. The summed E-state index contributed by atoms with van der Waals surface area (Å²) in [6, 6.07) is 5.61. The molecule has 2 heterocycles. The number of amides is 1. The van der Waals surface area contributed by atoms with Crippen LogP contribution in [0.5, 0.6) is 0 Å². The monoisotopic (exact) mass is 289 g/mol. The Morgan fingerprint density at radius 1 is 1.38 bits per heavy atom. The minimum Gasteiger partial charge on any atom is -0.345 e. The second kappa shape index (κ2) is 6.01. The molecule has 0 saturated carbocycles. The molecule has 110 valence electrons. The maximum Gasteiger partial charge on any atom is 0.251 e. The first kappa shape index (κ1) is 13.7. The van der Waals surface area contributed by atoms with Gasteiger partial charge in [0.25, 0.3) is 5.91 Å². The minimum absolute atomic E-state index is 0.280.